The van der Waals surface area contributed by atoms with E-state index < -0.39 is 0 Å². The van der Waals surface area contributed by atoms with E-state index in [-0.39, 0.29) is 0 Å². The van der Waals surface area contributed by atoms with E-state index in [2.05, 4.69) is 69.3 Å². The zero-order chi connectivity index (χ0) is 12.1. The van der Waals surface area contributed by atoms with Crippen molar-refractivity contribution in [2.24, 2.45) is 0 Å². The van der Waals surface area contributed by atoms with Gasteiger partial charge in [0.15, 0.2) is 0 Å². The lowest BCUT2D eigenvalue weighted by Crippen LogP contribution is -2.15. The summed E-state index contributed by atoms with van der Waals surface area (Å²) in [6.45, 7) is 4.08. The number of nitrogens with one attached hydrogen (secondary N) is 1. The van der Waals surface area contributed by atoms with E-state index in [1.807, 2.05) is 0 Å². The Balaban J connectivity index is 2.04. The molecule has 0 aliphatic rings. The fourth-order valence-corrected chi connectivity index (χ4v) is 2.64. The first-order valence-corrected chi connectivity index (χ1v) is 7.48. The molecule has 0 unspecified atom stereocenters. The lowest BCUT2D eigenvalue weighted by atomic mass is 10.2. The summed E-state index contributed by atoms with van der Waals surface area (Å²) in [7, 11) is 0. The van der Waals surface area contributed by atoms with E-state index in [0.717, 1.165) is 35.1 Å². The van der Waals surface area contributed by atoms with Gasteiger partial charge in [-0.15, -0.1) is 10.2 Å². The van der Waals surface area contributed by atoms with Crippen molar-refractivity contribution in [3.63, 3.8) is 0 Å². The van der Waals surface area contributed by atoms with Crippen molar-refractivity contribution >= 4 is 33.9 Å². The number of halogens is 1. The SMILES string of the molecule is CCNCCc1nnc(-c2ccc(I)cc2)s1. The molecule has 0 saturated heterocycles. The molecule has 2 aromatic rings. The van der Waals surface area contributed by atoms with Crippen LogP contribution in [0.15, 0.2) is 24.3 Å². The normalized spacial score (nSPS) is 10.7. The van der Waals surface area contributed by atoms with Gasteiger partial charge in [-0.05, 0) is 41.3 Å². The summed E-state index contributed by atoms with van der Waals surface area (Å²) in [5.41, 5.74) is 1.15. The Morgan fingerprint density at radius 1 is 1.24 bits per heavy atom. The summed E-state index contributed by atoms with van der Waals surface area (Å²) in [6.07, 6.45) is 0.954. The molecular weight excluding hydrogens is 345 g/mol. The van der Waals surface area contributed by atoms with Crippen LogP contribution in [0.25, 0.3) is 10.6 Å². The summed E-state index contributed by atoms with van der Waals surface area (Å²) in [5.74, 6) is 0. The average molecular weight is 359 g/mol. The number of nitrogens with zero attached hydrogens (tertiary/aromatic N) is 2. The van der Waals surface area contributed by atoms with Gasteiger partial charge in [-0.25, -0.2) is 0 Å². The van der Waals surface area contributed by atoms with Crippen LogP contribution in [0, 0.1) is 3.57 Å². The summed E-state index contributed by atoms with van der Waals surface area (Å²) < 4.78 is 1.24. The van der Waals surface area contributed by atoms with Gasteiger partial charge in [0.1, 0.15) is 10.0 Å². The highest BCUT2D eigenvalue weighted by Crippen LogP contribution is 2.24. The highest BCUT2D eigenvalue weighted by Gasteiger charge is 2.05. The van der Waals surface area contributed by atoms with Gasteiger partial charge >= 0.3 is 0 Å². The minimum absolute atomic E-state index is 0.954. The third-order valence-electron chi connectivity index (χ3n) is 2.32. The molecule has 0 spiro atoms. The summed E-state index contributed by atoms with van der Waals surface area (Å²) >= 11 is 3.98. The first-order valence-electron chi connectivity index (χ1n) is 5.58. The van der Waals surface area contributed by atoms with Crippen molar-refractivity contribution in [1.82, 2.24) is 15.5 Å². The Morgan fingerprint density at radius 2 is 2.00 bits per heavy atom. The summed E-state index contributed by atoms with van der Waals surface area (Å²) in [5, 5.41) is 13.8. The molecule has 0 fully saturated rings. The summed E-state index contributed by atoms with van der Waals surface area (Å²) in [6, 6.07) is 8.37. The number of benzene rings is 1. The standard InChI is InChI=1S/C12H14IN3S/c1-2-14-8-7-11-15-16-12(17-11)9-3-5-10(13)6-4-9/h3-6,14H,2,7-8H2,1H3. The maximum atomic E-state index is 4.23. The molecule has 0 saturated carbocycles. The first-order chi connectivity index (χ1) is 8.29. The molecular formula is C12H14IN3S. The van der Waals surface area contributed by atoms with Gasteiger partial charge in [-0.1, -0.05) is 30.4 Å². The highest BCUT2D eigenvalue weighted by molar-refractivity contribution is 14.1. The molecule has 0 bridgehead atoms. The van der Waals surface area contributed by atoms with Crippen LogP contribution in [0.5, 0.6) is 0 Å². The lowest BCUT2D eigenvalue weighted by molar-refractivity contribution is 0.710. The van der Waals surface area contributed by atoms with Crippen molar-refractivity contribution in [2.45, 2.75) is 13.3 Å². The molecule has 1 aromatic heterocycles. The predicted octanol–water partition coefficient (Wildman–Crippen LogP) is 2.96. The predicted molar refractivity (Wildman–Crippen MR) is 80.3 cm³/mol. The molecule has 90 valence electrons. The van der Waals surface area contributed by atoms with Crippen LogP contribution < -0.4 is 5.32 Å². The van der Waals surface area contributed by atoms with Crippen LogP contribution in [-0.4, -0.2) is 23.3 Å². The van der Waals surface area contributed by atoms with Crippen LogP contribution in [0.1, 0.15) is 11.9 Å². The van der Waals surface area contributed by atoms with E-state index in [1.165, 1.54) is 3.57 Å². The fourth-order valence-electron chi connectivity index (χ4n) is 1.44. The highest BCUT2D eigenvalue weighted by atomic mass is 127. The second kappa shape index (κ2) is 6.42. The third-order valence-corrected chi connectivity index (χ3v) is 4.07. The third kappa shape index (κ3) is 3.72. The molecule has 0 atom stereocenters. The number of aromatic nitrogens is 2. The quantitative estimate of drug-likeness (QED) is 0.659. The molecule has 0 aliphatic heterocycles. The van der Waals surface area contributed by atoms with Crippen LogP contribution in [-0.2, 0) is 6.42 Å². The van der Waals surface area contributed by atoms with Gasteiger partial charge in [0.05, 0.1) is 0 Å². The number of hydrogen-bond donors (Lipinski definition) is 1. The van der Waals surface area contributed by atoms with Crippen molar-refractivity contribution < 1.29 is 0 Å². The molecule has 1 heterocycles. The molecule has 2 rings (SSSR count). The van der Waals surface area contributed by atoms with Crippen molar-refractivity contribution in [3.8, 4) is 10.6 Å². The maximum absolute atomic E-state index is 4.23. The average Bonchev–Trinajstić information content (AvgIpc) is 2.79. The molecule has 0 amide bonds. The van der Waals surface area contributed by atoms with Crippen molar-refractivity contribution in [2.75, 3.05) is 13.1 Å². The Bertz CT molecular complexity index is 467. The topological polar surface area (TPSA) is 37.8 Å². The smallest absolute Gasteiger partial charge is 0.147 e. The summed E-state index contributed by atoms with van der Waals surface area (Å²) in [4.78, 5) is 0. The maximum Gasteiger partial charge on any atom is 0.147 e. The van der Waals surface area contributed by atoms with E-state index in [4.69, 9.17) is 0 Å². The fraction of sp³-hybridized carbons (Fsp3) is 0.333. The Hall–Kier alpha value is -0.530. The Kier molecular flexibility index (Phi) is 4.87. The van der Waals surface area contributed by atoms with Gasteiger partial charge in [0.2, 0.25) is 0 Å². The minimum atomic E-state index is 0.954. The largest absolute Gasteiger partial charge is 0.317 e. The molecule has 3 nitrogen and oxygen atoms in total. The number of likely N-dealkylation sites (N-methyl/N-ethyl adjacent to an activating group) is 1. The Morgan fingerprint density at radius 3 is 2.71 bits per heavy atom. The molecule has 5 heteroatoms. The minimum Gasteiger partial charge on any atom is -0.317 e. The van der Waals surface area contributed by atoms with Gasteiger partial charge < -0.3 is 5.32 Å². The lowest BCUT2D eigenvalue weighted by Gasteiger charge is -1.96. The van der Waals surface area contributed by atoms with E-state index >= 15 is 0 Å². The zero-order valence-electron chi connectivity index (χ0n) is 9.61. The van der Waals surface area contributed by atoms with E-state index in [0.29, 0.717) is 0 Å². The number of hydrogen-bond acceptors (Lipinski definition) is 4. The van der Waals surface area contributed by atoms with Crippen LogP contribution >= 0.6 is 33.9 Å². The molecule has 0 aliphatic carbocycles. The van der Waals surface area contributed by atoms with Crippen molar-refractivity contribution in [1.29, 1.82) is 0 Å². The Labute approximate surface area is 119 Å². The van der Waals surface area contributed by atoms with E-state index in [9.17, 15) is 0 Å². The van der Waals surface area contributed by atoms with Crippen LogP contribution in [0.2, 0.25) is 0 Å². The van der Waals surface area contributed by atoms with Crippen molar-refractivity contribution in [3.05, 3.63) is 32.8 Å². The van der Waals surface area contributed by atoms with Crippen LogP contribution in [0.4, 0.5) is 0 Å². The van der Waals surface area contributed by atoms with Crippen LogP contribution in [0.3, 0.4) is 0 Å². The van der Waals surface area contributed by atoms with Gasteiger partial charge in [-0.2, -0.15) is 0 Å². The van der Waals surface area contributed by atoms with Gasteiger partial charge in [-0.3, -0.25) is 0 Å². The molecule has 1 N–H and O–H groups in total. The zero-order valence-corrected chi connectivity index (χ0v) is 12.6. The molecule has 0 radical (unpaired) electrons. The molecule has 17 heavy (non-hydrogen) atoms. The second-order valence-electron chi connectivity index (χ2n) is 3.61. The van der Waals surface area contributed by atoms with Gasteiger partial charge in [0, 0.05) is 22.1 Å². The molecule has 1 aromatic carbocycles. The monoisotopic (exact) mass is 359 g/mol. The van der Waals surface area contributed by atoms with E-state index in [1.54, 1.807) is 11.3 Å². The second-order valence-corrected chi connectivity index (χ2v) is 5.92. The van der Waals surface area contributed by atoms with Gasteiger partial charge in [0.25, 0.3) is 0 Å². The first kappa shape index (κ1) is 12.9. The number of rotatable bonds is 5.